The Morgan fingerprint density at radius 3 is 2.90 bits per heavy atom. The molecule has 0 saturated carbocycles. The third-order valence-electron chi connectivity index (χ3n) is 2.66. The molecule has 6 nitrogen and oxygen atoms in total. The molecule has 0 aromatic carbocycles. The molecule has 0 spiro atoms. The van der Waals surface area contributed by atoms with Crippen LogP contribution in [0.3, 0.4) is 0 Å². The van der Waals surface area contributed by atoms with Crippen LogP contribution in [-0.2, 0) is 26.8 Å². The van der Waals surface area contributed by atoms with Gasteiger partial charge in [0, 0.05) is 17.8 Å². The molecule has 0 atom stereocenters. The number of carbonyl (C=O) groups excluding carboxylic acids is 1. The van der Waals surface area contributed by atoms with Crippen molar-refractivity contribution in [3.05, 3.63) is 39.0 Å². The van der Waals surface area contributed by atoms with E-state index < -0.39 is 21.5 Å². The molecule has 0 saturated heterocycles. The quantitative estimate of drug-likeness (QED) is 0.747. The van der Waals surface area contributed by atoms with E-state index in [2.05, 4.69) is 31.2 Å². The molecular formula is C12H14BrN3O3S2. The highest BCUT2D eigenvalue weighted by Crippen LogP contribution is 2.13. The van der Waals surface area contributed by atoms with E-state index in [-0.39, 0.29) is 5.75 Å². The molecule has 2 aromatic heterocycles. The maximum absolute atomic E-state index is 11.9. The molecule has 9 heteroatoms. The van der Waals surface area contributed by atoms with E-state index in [4.69, 9.17) is 0 Å². The van der Waals surface area contributed by atoms with Crippen LogP contribution in [-0.4, -0.2) is 36.6 Å². The fourth-order valence-electron chi connectivity index (χ4n) is 1.72. The first kappa shape index (κ1) is 16.2. The number of aromatic nitrogens is 2. The Bertz CT molecular complexity index is 695. The van der Waals surface area contributed by atoms with Crippen molar-refractivity contribution in [2.75, 3.05) is 12.3 Å². The van der Waals surface area contributed by atoms with Gasteiger partial charge in [-0.1, -0.05) is 6.07 Å². The summed E-state index contributed by atoms with van der Waals surface area (Å²) in [5, 5.41) is 4.41. The third kappa shape index (κ3) is 5.25. The lowest BCUT2D eigenvalue weighted by Crippen LogP contribution is -2.32. The Labute approximate surface area is 135 Å². The van der Waals surface area contributed by atoms with Gasteiger partial charge >= 0.3 is 0 Å². The highest BCUT2D eigenvalue weighted by Gasteiger charge is 2.17. The second-order valence-corrected chi connectivity index (χ2v) is 8.23. The van der Waals surface area contributed by atoms with Gasteiger partial charge in [0.2, 0.25) is 5.91 Å². The van der Waals surface area contributed by atoms with E-state index >= 15 is 0 Å². The van der Waals surface area contributed by atoms with Crippen LogP contribution in [0, 0.1) is 0 Å². The molecule has 2 N–H and O–H groups in total. The van der Waals surface area contributed by atoms with Crippen molar-refractivity contribution >= 4 is 43.0 Å². The maximum Gasteiger partial charge on any atom is 0.235 e. The number of carbonyl (C=O) groups is 1. The van der Waals surface area contributed by atoms with Crippen molar-refractivity contribution in [2.24, 2.45) is 0 Å². The maximum atomic E-state index is 11.9. The van der Waals surface area contributed by atoms with Gasteiger partial charge in [-0.15, -0.1) is 11.3 Å². The minimum atomic E-state index is -3.43. The lowest BCUT2D eigenvalue weighted by molar-refractivity contribution is -0.118. The van der Waals surface area contributed by atoms with Crippen LogP contribution in [0.5, 0.6) is 0 Å². The van der Waals surface area contributed by atoms with Crippen LogP contribution in [0.2, 0.25) is 0 Å². The molecule has 0 radical (unpaired) electrons. The van der Waals surface area contributed by atoms with Crippen molar-refractivity contribution in [3.63, 3.8) is 0 Å². The average Bonchev–Trinajstić information content (AvgIpc) is 3.01. The molecule has 0 aliphatic rings. The predicted molar refractivity (Wildman–Crippen MR) is 84.8 cm³/mol. The topological polar surface area (TPSA) is 91.9 Å². The van der Waals surface area contributed by atoms with Crippen LogP contribution < -0.4 is 5.32 Å². The highest BCUT2D eigenvalue weighted by molar-refractivity contribution is 9.10. The number of sulfone groups is 1. The zero-order valence-corrected chi connectivity index (χ0v) is 14.2. The van der Waals surface area contributed by atoms with Crippen LogP contribution in [0.1, 0.15) is 10.6 Å². The van der Waals surface area contributed by atoms with Gasteiger partial charge < -0.3 is 10.3 Å². The smallest absolute Gasteiger partial charge is 0.235 e. The Balaban J connectivity index is 1.77. The van der Waals surface area contributed by atoms with E-state index in [1.54, 1.807) is 18.5 Å². The summed E-state index contributed by atoms with van der Waals surface area (Å²) in [5.74, 6) is -1.07. The van der Waals surface area contributed by atoms with Gasteiger partial charge in [0.25, 0.3) is 0 Å². The van der Waals surface area contributed by atoms with Crippen molar-refractivity contribution in [3.8, 4) is 0 Å². The number of thiophene rings is 1. The van der Waals surface area contributed by atoms with Crippen LogP contribution in [0.4, 0.5) is 0 Å². The average molecular weight is 392 g/mol. The highest BCUT2D eigenvalue weighted by atomic mass is 79.9. The van der Waals surface area contributed by atoms with Gasteiger partial charge in [-0.25, -0.2) is 13.4 Å². The molecule has 0 aliphatic heterocycles. The number of aromatic amines is 1. The molecule has 0 fully saturated rings. The minimum absolute atomic E-state index is 0.0931. The van der Waals surface area contributed by atoms with Gasteiger partial charge in [-0.05, 0) is 27.4 Å². The first-order valence-corrected chi connectivity index (χ1v) is 9.63. The summed E-state index contributed by atoms with van der Waals surface area (Å²) in [7, 11) is -3.43. The van der Waals surface area contributed by atoms with Crippen molar-refractivity contribution in [1.29, 1.82) is 0 Å². The number of imidazole rings is 1. The Morgan fingerprint density at radius 1 is 1.48 bits per heavy atom. The van der Waals surface area contributed by atoms with Gasteiger partial charge in [0.1, 0.15) is 10.4 Å². The van der Waals surface area contributed by atoms with Crippen LogP contribution >= 0.6 is 27.3 Å². The van der Waals surface area contributed by atoms with Gasteiger partial charge in [-0.2, -0.15) is 0 Å². The van der Waals surface area contributed by atoms with Crippen LogP contribution in [0.15, 0.2) is 28.4 Å². The van der Waals surface area contributed by atoms with Gasteiger partial charge in [0.15, 0.2) is 9.84 Å². The Morgan fingerprint density at radius 2 is 2.29 bits per heavy atom. The molecule has 21 heavy (non-hydrogen) atoms. The first-order valence-electron chi connectivity index (χ1n) is 6.13. The summed E-state index contributed by atoms with van der Waals surface area (Å²) in [6, 6.07) is 3.54. The fraction of sp³-hybridized carbons (Fsp3) is 0.333. The van der Waals surface area contributed by atoms with E-state index in [9.17, 15) is 13.2 Å². The number of nitrogens with zero attached hydrogens (tertiary/aromatic N) is 1. The second kappa shape index (κ2) is 7.19. The Kier molecular flexibility index (Phi) is 5.54. The molecule has 2 rings (SSSR count). The number of rotatable bonds is 7. The molecule has 2 aromatic rings. The van der Waals surface area contributed by atoms with E-state index in [1.807, 2.05) is 5.38 Å². The second-order valence-electron chi connectivity index (χ2n) is 4.38. The minimum Gasteiger partial charge on any atom is -0.355 e. The standard InChI is InChI=1S/C12H14BrN3O3S2/c13-12-10(15-8-16-12)3-4-14-11(17)7-21(18,19)6-9-2-1-5-20-9/h1-2,5,8H,3-4,6-7H2,(H,14,17)(H,15,16). The zero-order chi connectivity index (χ0) is 15.3. The molecule has 0 bridgehead atoms. The number of nitrogens with one attached hydrogen (secondary N) is 2. The lowest BCUT2D eigenvalue weighted by atomic mass is 10.3. The number of halogens is 1. The van der Waals surface area contributed by atoms with E-state index in [0.717, 1.165) is 10.6 Å². The fourth-order valence-corrected chi connectivity index (χ4v) is 4.57. The molecule has 0 unspecified atom stereocenters. The third-order valence-corrected chi connectivity index (χ3v) is 5.85. The largest absolute Gasteiger partial charge is 0.355 e. The van der Waals surface area contributed by atoms with Crippen molar-refractivity contribution < 1.29 is 13.2 Å². The molecule has 0 aliphatic carbocycles. The molecule has 1 amide bonds. The molecule has 2 heterocycles. The van der Waals surface area contributed by atoms with Gasteiger partial charge in [0.05, 0.1) is 17.8 Å². The molecular weight excluding hydrogens is 378 g/mol. The van der Waals surface area contributed by atoms with Crippen LogP contribution in [0.25, 0.3) is 0 Å². The van der Waals surface area contributed by atoms with Crippen molar-refractivity contribution in [2.45, 2.75) is 12.2 Å². The summed E-state index contributed by atoms with van der Waals surface area (Å²) in [6.07, 6.45) is 2.10. The normalized spacial score (nSPS) is 11.5. The number of hydrogen-bond acceptors (Lipinski definition) is 5. The number of H-pyrrole nitrogens is 1. The summed E-state index contributed by atoms with van der Waals surface area (Å²) >= 11 is 4.63. The molecule has 114 valence electrons. The SMILES string of the molecule is O=C(CS(=O)(=O)Cc1cccs1)NCCc1[nH]cnc1Br. The van der Waals surface area contributed by atoms with Gasteiger partial charge in [-0.3, -0.25) is 4.79 Å². The van der Waals surface area contributed by atoms with Crippen molar-refractivity contribution in [1.82, 2.24) is 15.3 Å². The monoisotopic (exact) mass is 391 g/mol. The number of hydrogen-bond donors (Lipinski definition) is 2. The predicted octanol–water partition coefficient (Wildman–Crippen LogP) is 1.51. The zero-order valence-electron chi connectivity index (χ0n) is 11.0. The summed E-state index contributed by atoms with van der Waals surface area (Å²) in [6.45, 7) is 0.355. The summed E-state index contributed by atoms with van der Waals surface area (Å²) in [4.78, 5) is 19.3. The van der Waals surface area contributed by atoms with E-state index in [0.29, 0.717) is 17.6 Å². The van der Waals surface area contributed by atoms with E-state index in [1.165, 1.54) is 11.3 Å². The summed E-state index contributed by atoms with van der Waals surface area (Å²) < 4.78 is 24.4. The first-order chi connectivity index (χ1) is 9.96. The lowest BCUT2D eigenvalue weighted by Gasteiger charge is -2.05. The summed E-state index contributed by atoms with van der Waals surface area (Å²) in [5.41, 5.74) is 0.858. The number of amides is 1. The Hall–Kier alpha value is -1.19.